The van der Waals surface area contributed by atoms with Gasteiger partial charge in [0.25, 0.3) is 0 Å². The Labute approximate surface area is 96.1 Å². The highest BCUT2D eigenvalue weighted by Gasteiger charge is 2.15. The highest BCUT2D eigenvalue weighted by Crippen LogP contribution is 2.09. The summed E-state index contributed by atoms with van der Waals surface area (Å²) in [4.78, 5) is 4.09. The lowest BCUT2D eigenvalue weighted by atomic mass is 10.2. The SMILES string of the molecule is CC(NS(=O)(=O)CCCN)c1ccccn1. The fourth-order valence-corrected chi connectivity index (χ4v) is 2.62. The summed E-state index contributed by atoms with van der Waals surface area (Å²) in [6.45, 7) is 2.14. The number of nitrogens with one attached hydrogen (secondary N) is 1. The number of pyridine rings is 1. The summed E-state index contributed by atoms with van der Waals surface area (Å²) in [6.07, 6.45) is 2.10. The van der Waals surface area contributed by atoms with Gasteiger partial charge in [-0.15, -0.1) is 0 Å². The Morgan fingerprint density at radius 1 is 1.50 bits per heavy atom. The Morgan fingerprint density at radius 2 is 2.25 bits per heavy atom. The predicted molar refractivity (Wildman–Crippen MR) is 63.2 cm³/mol. The first-order valence-electron chi connectivity index (χ1n) is 5.16. The summed E-state index contributed by atoms with van der Waals surface area (Å²) >= 11 is 0. The van der Waals surface area contributed by atoms with Crippen LogP contribution >= 0.6 is 0 Å². The zero-order valence-electron chi connectivity index (χ0n) is 9.26. The third-order valence-corrected chi connectivity index (χ3v) is 3.64. The molecular formula is C10H17N3O2S. The van der Waals surface area contributed by atoms with Gasteiger partial charge < -0.3 is 5.73 Å². The third-order valence-electron chi connectivity index (χ3n) is 2.10. The Morgan fingerprint density at radius 3 is 2.81 bits per heavy atom. The Hall–Kier alpha value is -0.980. The lowest BCUT2D eigenvalue weighted by Gasteiger charge is -2.13. The maximum Gasteiger partial charge on any atom is 0.212 e. The van der Waals surface area contributed by atoms with Crippen LogP contribution in [0.5, 0.6) is 0 Å². The minimum atomic E-state index is -3.26. The number of nitrogens with zero attached hydrogens (tertiary/aromatic N) is 1. The van der Waals surface area contributed by atoms with Gasteiger partial charge in [-0.25, -0.2) is 13.1 Å². The first-order valence-corrected chi connectivity index (χ1v) is 6.81. The van der Waals surface area contributed by atoms with Gasteiger partial charge in [0.2, 0.25) is 10.0 Å². The van der Waals surface area contributed by atoms with Gasteiger partial charge in [0, 0.05) is 6.20 Å². The second-order valence-electron chi connectivity index (χ2n) is 3.56. The molecule has 1 unspecified atom stereocenters. The fraction of sp³-hybridized carbons (Fsp3) is 0.500. The van der Waals surface area contributed by atoms with Crippen molar-refractivity contribution in [2.45, 2.75) is 19.4 Å². The van der Waals surface area contributed by atoms with E-state index in [1.54, 1.807) is 25.3 Å². The molecule has 0 radical (unpaired) electrons. The molecule has 0 aliphatic rings. The van der Waals surface area contributed by atoms with Crippen LogP contribution in [0.4, 0.5) is 0 Å². The summed E-state index contributed by atoms with van der Waals surface area (Å²) in [6, 6.07) is 5.09. The standard InChI is InChI=1S/C10H17N3O2S/c1-9(10-5-2-3-7-12-10)13-16(14,15)8-4-6-11/h2-3,5,7,9,13H,4,6,8,11H2,1H3. The average Bonchev–Trinajstić information content (AvgIpc) is 2.27. The zero-order chi connectivity index (χ0) is 12.0. The van der Waals surface area contributed by atoms with Gasteiger partial charge in [-0.05, 0) is 32.0 Å². The maximum absolute atomic E-state index is 11.6. The highest BCUT2D eigenvalue weighted by atomic mass is 32.2. The van der Waals surface area contributed by atoms with Crippen molar-refractivity contribution in [3.8, 4) is 0 Å². The molecule has 5 nitrogen and oxygen atoms in total. The molecule has 0 spiro atoms. The third kappa shape index (κ3) is 4.26. The normalized spacial score (nSPS) is 13.6. The summed E-state index contributed by atoms with van der Waals surface area (Å²) < 4.78 is 25.7. The van der Waals surface area contributed by atoms with E-state index in [1.165, 1.54) is 0 Å². The molecule has 16 heavy (non-hydrogen) atoms. The van der Waals surface area contributed by atoms with Crippen molar-refractivity contribution >= 4 is 10.0 Å². The van der Waals surface area contributed by atoms with Crippen molar-refractivity contribution in [3.05, 3.63) is 30.1 Å². The smallest absolute Gasteiger partial charge is 0.212 e. The number of hydrogen-bond acceptors (Lipinski definition) is 4. The van der Waals surface area contributed by atoms with Crippen LogP contribution in [-0.4, -0.2) is 25.7 Å². The topological polar surface area (TPSA) is 85.1 Å². The fourth-order valence-electron chi connectivity index (χ4n) is 1.29. The van der Waals surface area contributed by atoms with Gasteiger partial charge in [-0.3, -0.25) is 4.98 Å². The number of hydrogen-bond donors (Lipinski definition) is 2. The van der Waals surface area contributed by atoms with E-state index in [0.29, 0.717) is 18.7 Å². The molecular weight excluding hydrogens is 226 g/mol. The minimum absolute atomic E-state index is 0.0562. The molecule has 0 bridgehead atoms. The monoisotopic (exact) mass is 243 g/mol. The summed E-state index contributed by atoms with van der Waals surface area (Å²) in [5.41, 5.74) is 5.98. The molecule has 0 saturated carbocycles. The van der Waals surface area contributed by atoms with Gasteiger partial charge in [0.1, 0.15) is 0 Å². The molecule has 6 heteroatoms. The van der Waals surface area contributed by atoms with Crippen LogP contribution in [0.2, 0.25) is 0 Å². The molecule has 0 aliphatic heterocycles. The Bertz CT molecular complexity index is 405. The molecule has 0 saturated heterocycles. The average molecular weight is 243 g/mol. The Kier molecular flexibility index (Phi) is 4.85. The summed E-state index contributed by atoms with van der Waals surface area (Å²) in [5, 5.41) is 0. The molecule has 1 heterocycles. The van der Waals surface area contributed by atoms with Crippen molar-refractivity contribution < 1.29 is 8.42 Å². The van der Waals surface area contributed by atoms with Crippen LogP contribution in [0.3, 0.4) is 0 Å². The van der Waals surface area contributed by atoms with E-state index in [-0.39, 0.29) is 11.8 Å². The molecule has 1 rings (SSSR count). The van der Waals surface area contributed by atoms with Gasteiger partial charge in [0.15, 0.2) is 0 Å². The summed E-state index contributed by atoms with van der Waals surface area (Å²) in [5.74, 6) is 0.0562. The van der Waals surface area contributed by atoms with Gasteiger partial charge in [-0.1, -0.05) is 6.07 Å². The summed E-state index contributed by atoms with van der Waals surface area (Å²) in [7, 11) is -3.26. The first-order chi connectivity index (χ1) is 7.55. The first kappa shape index (κ1) is 13.1. The molecule has 0 amide bonds. The second-order valence-corrected chi connectivity index (χ2v) is 5.43. The largest absolute Gasteiger partial charge is 0.330 e. The number of rotatable bonds is 6. The van der Waals surface area contributed by atoms with Crippen LogP contribution in [0.25, 0.3) is 0 Å². The Balaban J connectivity index is 2.61. The van der Waals surface area contributed by atoms with E-state index in [1.807, 2.05) is 6.07 Å². The predicted octanol–water partition coefficient (Wildman–Crippen LogP) is 0.411. The van der Waals surface area contributed by atoms with Crippen molar-refractivity contribution in [2.75, 3.05) is 12.3 Å². The van der Waals surface area contributed by atoms with Crippen LogP contribution in [-0.2, 0) is 10.0 Å². The molecule has 0 fully saturated rings. The van der Waals surface area contributed by atoms with Crippen molar-refractivity contribution in [3.63, 3.8) is 0 Å². The van der Waals surface area contributed by atoms with Gasteiger partial charge in [-0.2, -0.15) is 0 Å². The van der Waals surface area contributed by atoms with E-state index in [9.17, 15) is 8.42 Å². The maximum atomic E-state index is 11.6. The number of aromatic nitrogens is 1. The van der Waals surface area contributed by atoms with Crippen molar-refractivity contribution in [2.24, 2.45) is 5.73 Å². The van der Waals surface area contributed by atoms with E-state index >= 15 is 0 Å². The van der Waals surface area contributed by atoms with Crippen LogP contribution in [0.15, 0.2) is 24.4 Å². The van der Waals surface area contributed by atoms with E-state index in [4.69, 9.17) is 5.73 Å². The molecule has 1 aromatic rings. The quantitative estimate of drug-likeness (QED) is 0.758. The lowest BCUT2D eigenvalue weighted by Crippen LogP contribution is -2.30. The van der Waals surface area contributed by atoms with Gasteiger partial charge >= 0.3 is 0 Å². The van der Waals surface area contributed by atoms with Crippen LogP contribution in [0, 0.1) is 0 Å². The lowest BCUT2D eigenvalue weighted by molar-refractivity contribution is 0.561. The molecule has 90 valence electrons. The van der Waals surface area contributed by atoms with Crippen molar-refractivity contribution in [1.82, 2.24) is 9.71 Å². The molecule has 3 N–H and O–H groups in total. The molecule has 1 atom stereocenters. The highest BCUT2D eigenvalue weighted by molar-refractivity contribution is 7.89. The minimum Gasteiger partial charge on any atom is -0.330 e. The molecule has 1 aromatic heterocycles. The van der Waals surface area contributed by atoms with E-state index < -0.39 is 10.0 Å². The van der Waals surface area contributed by atoms with Crippen LogP contribution in [0.1, 0.15) is 25.1 Å². The number of sulfonamides is 1. The number of nitrogens with two attached hydrogens (primary N) is 1. The van der Waals surface area contributed by atoms with E-state index in [0.717, 1.165) is 0 Å². The van der Waals surface area contributed by atoms with Crippen molar-refractivity contribution in [1.29, 1.82) is 0 Å². The second kappa shape index (κ2) is 5.93. The zero-order valence-corrected chi connectivity index (χ0v) is 10.1. The molecule has 0 aromatic carbocycles. The van der Waals surface area contributed by atoms with Crippen LogP contribution < -0.4 is 10.5 Å². The van der Waals surface area contributed by atoms with E-state index in [2.05, 4.69) is 9.71 Å². The molecule has 0 aliphatic carbocycles. The van der Waals surface area contributed by atoms with Gasteiger partial charge in [0.05, 0.1) is 17.5 Å².